The Bertz CT molecular complexity index is 716. The summed E-state index contributed by atoms with van der Waals surface area (Å²) in [6.45, 7) is 12.3. The number of nitrogens with one attached hydrogen (secondary N) is 2. The average Bonchev–Trinajstić information content (AvgIpc) is 2.98. The van der Waals surface area contributed by atoms with Gasteiger partial charge in [-0.05, 0) is 25.0 Å². The summed E-state index contributed by atoms with van der Waals surface area (Å²) in [5.74, 6) is 0.794. The number of benzene rings is 1. The molecular weight excluding hydrogens is 443 g/mol. The van der Waals surface area contributed by atoms with E-state index in [0.29, 0.717) is 6.54 Å². The van der Waals surface area contributed by atoms with Crippen molar-refractivity contribution in [2.24, 2.45) is 4.99 Å². The number of rotatable bonds is 4. The van der Waals surface area contributed by atoms with Crippen molar-refractivity contribution in [1.82, 2.24) is 15.6 Å². The van der Waals surface area contributed by atoms with Crippen molar-refractivity contribution in [3.8, 4) is 0 Å². The van der Waals surface area contributed by atoms with Crippen LogP contribution in [0.2, 0.25) is 0 Å². The molecule has 2 aromatic rings. The highest BCUT2D eigenvalue weighted by molar-refractivity contribution is 14.0. The molecule has 0 spiro atoms. The second-order valence-electron chi connectivity index (χ2n) is 7.09. The van der Waals surface area contributed by atoms with Gasteiger partial charge in [0, 0.05) is 24.4 Å². The van der Waals surface area contributed by atoms with Gasteiger partial charge in [-0.15, -0.1) is 35.3 Å². The normalized spacial score (nSPS) is 11.8. The smallest absolute Gasteiger partial charge is 0.191 e. The topological polar surface area (TPSA) is 49.3 Å². The molecule has 0 aliphatic rings. The quantitative estimate of drug-likeness (QED) is 0.390. The Morgan fingerprint density at radius 3 is 2.40 bits per heavy atom. The molecule has 0 amide bonds. The van der Waals surface area contributed by atoms with Gasteiger partial charge in [0.1, 0.15) is 5.01 Å². The van der Waals surface area contributed by atoms with Crippen LogP contribution in [0.1, 0.15) is 48.2 Å². The van der Waals surface area contributed by atoms with Crippen LogP contribution in [-0.4, -0.2) is 18.0 Å². The van der Waals surface area contributed by atoms with Crippen LogP contribution in [0, 0.1) is 13.8 Å². The van der Waals surface area contributed by atoms with Crippen LogP contribution in [0.3, 0.4) is 0 Å². The molecule has 0 fully saturated rings. The molecule has 2 rings (SSSR count). The molecular formula is C19H29IN4S. The zero-order valence-corrected chi connectivity index (χ0v) is 19.1. The summed E-state index contributed by atoms with van der Waals surface area (Å²) in [5.41, 5.74) is 5.11. The predicted octanol–water partition coefficient (Wildman–Crippen LogP) is 4.54. The van der Waals surface area contributed by atoms with Crippen molar-refractivity contribution in [3.63, 3.8) is 0 Å². The number of nitrogens with zero attached hydrogens (tertiary/aromatic N) is 2. The summed E-state index contributed by atoms with van der Waals surface area (Å²) in [4.78, 5) is 9.00. The fourth-order valence-electron chi connectivity index (χ4n) is 2.34. The lowest BCUT2D eigenvalue weighted by Gasteiger charge is -2.14. The summed E-state index contributed by atoms with van der Waals surface area (Å²) in [5, 5.41) is 9.93. The maximum absolute atomic E-state index is 4.70. The maximum atomic E-state index is 4.70. The summed E-state index contributed by atoms with van der Waals surface area (Å²) < 4.78 is 0. The monoisotopic (exact) mass is 472 g/mol. The number of halogens is 1. The van der Waals surface area contributed by atoms with E-state index < -0.39 is 0 Å². The summed E-state index contributed by atoms with van der Waals surface area (Å²) in [6.07, 6.45) is 0. The summed E-state index contributed by atoms with van der Waals surface area (Å²) in [6, 6.07) is 6.52. The van der Waals surface area contributed by atoms with E-state index in [1.807, 2.05) is 0 Å². The molecule has 1 heterocycles. The van der Waals surface area contributed by atoms with Gasteiger partial charge in [-0.2, -0.15) is 0 Å². The van der Waals surface area contributed by atoms with Gasteiger partial charge in [0.05, 0.1) is 12.2 Å². The fraction of sp³-hybridized carbons (Fsp3) is 0.474. The van der Waals surface area contributed by atoms with E-state index >= 15 is 0 Å². The van der Waals surface area contributed by atoms with Gasteiger partial charge in [-0.25, -0.2) is 4.98 Å². The minimum Gasteiger partial charge on any atom is -0.352 e. The van der Waals surface area contributed by atoms with Crippen LogP contribution < -0.4 is 10.6 Å². The van der Waals surface area contributed by atoms with E-state index in [0.717, 1.165) is 23.2 Å². The molecule has 0 aliphatic heterocycles. The van der Waals surface area contributed by atoms with Crippen LogP contribution in [0.5, 0.6) is 0 Å². The van der Waals surface area contributed by atoms with E-state index in [-0.39, 0.29) is 29.4 Å². The van der Waals surface area contributed by atoms with Crippen LogP contribution in [0.25, 0.3) is 0 Å². The van der Waals surface area contributed by atoms with Gasteiger partial charge in [-0.3, -0.25) is 4.99 Å². The standard InChI is InChI=1S/C19H28N4S.HI/c1-13-7-8-15(14(2)9-13)10-21-18(20-6)22-11-17-23-16(12-24-17)19(3,4)5;/h7-9,12H,10-11H2,1-6H3,(H2,20,21,22);1H. The van der Waals surface area contributed by atoms with Crippen molar-refractivity contribution in [3.05, 3.63) is 51.0 Å². The van der Waals surface area contributed by atoms with Crippen LogP contribution >= 0.6 is 35.3 Å². The van der Waals surface area contributed by atoms with Crippen molar-refractivity contribution < 1.29 is 0 Å². The van der Waals surface area contributed by atoms with Crippen LogP contribution in [0.15, 0.2) is 28.6 Å². The molecule has 0 atom stereocenters. The second kappa shape index (κ2) is 9.52. The second-order valence-corrected chi connectivity index (χ2v) is 8.03. The molecule has 0 unspecified atom stereocenters. The molecule has 2 N–H and O–H groups in total. The van der Waals surface area contributed by atoms with Crippen molar-refractivity contribution in [2.75, 3.05) is 7.05 Å². The maximum Gasteiger partial charge on any atom is 0.191 e. The molecule has 138 valence electrons. The Kier molecular flexibility index (Phi) is 8.34. The summed E-state index contributed by atoms with van der Waals surface area (Å²) in [7, 11) is 1.79. The Balaban J connectivity index is 0.00000312. The minimum atomic E-state index is 0. The van der Waals surface area contributed by atoms with E-state index in [2.05, 4.69) is 73.8 Å². The highest BCUT2D eigenvalue weighted by Crippen LogP contribution is 2.23. The number of hydrogen-bond donors (Lipinski definition) is 2. The van der Waals surface area contributed by atoms with E-state index in [4.69, 9.17) is 4.98 Å². The van der Waals surface area contributed by atoms with Gasteiger partial charge in [0.2, 0.25) is 0 Å². The third-order valence-electron chi connectivity index (χ3n) is 3.90. The first-order valence-corrected chi connectivity index (χ1v) is 9.13. The van der Waals surface area contributed by atoms with E-state index in [1.54, 1.807) is 18.4 Å². The molecule has 0 aliphatic carbocycles. The van der Waals surface area contributed by atoms with E-state index in [9.17, 15) is 0 Å². The largest absolute Gasteiger partial charge is 0.352 e. The highest BCUT2D eigenvalue weighted by atomic mass is 127. The first-order valence-electron chi connectivity index (χ1n) is 8.25. The molecule has 1 aromatic heterocycles. The third-order valence-corrected chi connectivity index (χ3v) is 4.74. The lowest BCUT2D eigenvalue weighted by Crippen LogP contribution is -2.36. The van der Waals surface area contributed by atoms with E-state index in [1.165, 1.54) is 16.7 Å². The first kappa shape index (κ1) is 21.9. The number of aromatic nitrogens is 1. The number of thiazole rings is 1. The molecule has 0 radical (unpaired) electrons. The summed E-state index contributed by atoms with van der Waals surface area (Å²) >= 11 is 1.69. The Labute approximate surface area is 172 Å². The lowest BCUT2D eigenvalue weighted by molar-refractivity contribution is 0.570. The van der Waals surface area contributed by atoms with Gasteiger partial charge in [0.25, 0.3) is 0 Å². The Hall–Kier alpha value is -1.15. The van der Waals surface area contributed by atoms with Gasteiger partial charge < -0.3 is 10.6 Å². The highest BCUT2D eigenvalue weighted by Gasteiger charge is 2.17. The van der Waals surface area contributed by atoms with Crippen molar-refractivity contribution in [2.45, 2.75) is 53.1 Å². The molecule has 0 bridgehead atoms. The Morgan fingerprint density at radius 1 is 1.16 bits per heavy atom. The van der Waals surface area contributed by atoms with Gasteiger partial charge in [-0.1, -0.05) is 44.5 Å². The first-order chi connectivity index (χ1) is 11.3. The SMILES string of the molecule is CN=C(NCc1nc(C(C)(C)C)cs1)NCc1ccc(C)cc1C.I. The van der Waals surface area contributed by atoms with Crippen molar-refractivity contribution >= 4 is 41.3 Å². The molecule has 0 saturated carbocycles. The average molecular weight is 472 g/mol. The zero-order valence-electron chi connectivity index (χ0n) is 15.9. The number of guanidine groups is 1. The third kappa shape index (κ3) is 6.58. The zero-order chi connectivity index (χ0) is 17.7. The van der Waals surface area contributed by atoms with Crippen LogP contribution in [-0.2, 0) is 18.5 Å². The molecule has 1 aromatic carbocycles. The lowest BCUT2D eigenvalue weighted by atomic mass is 9.93. The molecule has 4 nitrogen and oxygen atoms in total. The predicted molar refractivity (Wildman–Crippen MR) is 119 cm³/mol. The number of hydrogen-bond acceptors (Lipinski definition) is 3. The molecule has 6 heteroatoms. The van der Waals surface area contributed by atoms with Crippen LogP contribution in [0.4, 0.5) is 0 Å². The number of aliphatic imine (C=N–C) groups is 1. The molecule has 0 saturated heterocycles. The fourth-order valence-corrected chi connectivity index (χ4v) is 3.30. The Morgan fingerprint density at radius 2 is 1.84 bits per heavy atom. The molecule has 25 heavy (non-hydrogen) atoms. The number of aryl methyl sites for hydroxylation is 2. The van der Waals surface area contributed by atoms with Gasteiger partial charge in [0.15, 0.2) is 5.96 Å². The minimum absolute atomic E-state index is 0. The van der Waals surface area contributed by atoms with Crippen molar-refractivity contribution in [1.29, 1.82) is 0 Å². The van der Waals surface area contributed by atoms with Gasteiger partial charge >= 0.3 is 0 Å².